The van der Waals surface area contributed by atoms with Crippen molar-refractivity contribution in [2.24, 2.45) is 0 Å². The molecule has 3 heterocycles. The second-order valence-corrected chi connectivity index (χ2v) is 8.30. The van der Waals surface area contributed by atoms with E-state index in [0.717, 1.165) is 12.1 Å². The van der Waals surface area contributed by atoms with Crippen LogP contribution in [0.5, 0.6) is 23.0 Å². The summed E-state index contributed by atoms with van der Waals surface area (Å²) in [5.74, 6) is -2.39. The molecule has 0 saturated heterocycles. The zero-order valence-corrected chi connectivity index (χ0v) is 17.8. The highest BCUT2D eigenvalue weighted by Crippen LogP contribution is 2.54. The molecule has 6 rings (SSSR count). The van der Waals surface area contributed by atoms with E-state index in [0.29, 0.717) is 5.56 Å². The highest BCUT2D eigenvalue weighted by molar-refractivity contribution is 6.15. The molecule has 0 amide bonds. The predicted octanol–water partition coefficient (Wildman–Crippen LogP) is 2.97. The monoisotopic (exact) mass is 474 g/mol. The number of rotatable bonds is 1. The second kappa shape index (κ2) is 6.54. The first-order valence-corrected chi connectivity index (χ1v) is 10.3. The van der Waals surface area contributed by atoms with Crippen LogP contribution in [0.15, 0.2) is 60.6 Å². The highest BCUT2D eigenvalue weighted by atomic mass is 16.5. The van der Waals surface area contributed by atoms with Crippen molar-refractivity contribution in [2.45, 2.75) is 12.5 Å². The van der Waals surface area contributed by atoms with Gasteiger partial charge >= 0.3 is 11.3 Å². The molecule has 10 nitrogen and oxygen atoms in total. The smallest absolute Gasteiger partial charge is 0.348 e. The number of phenols is 4. The average molecular weight is 474 g/mol. The van der Waals surface area contributed by atoms with Gasteiger partial charge in [-0.25, -0.2) is 9.59 Å². The number of hydrogen-bond acceptors (Lipinski definition) is 10. The first-order valence-electron chi connectivity index (χ1n) is 10.3. The Morgan fingerprint density at radius 2 is 1.40 bits per heavy atom. The van der Waals surface area contributed by atoms with Gasteiger partial charge in [0, 0.05) is 23.1 Å². The maximum absolute atomic E-state index is 13.2. The largest absolute Gasteiger partial charge is 0.504 e. The Kier molecular flexibility index (Phi) is 3.85. The van der Waals surface area contributed by atoms with Crippen molar-refractivity contribution in [3.05, 3.63) is 79.9 Å². The van der Waals surface area contributed by atoms with Crippen LogP contribution in [0.3, 0.4) is 0 Å². The Balaban J connectivity index is 1.65. The van der Waals surface area contributed by atoms with Crippen LogP contribution >= 0.6 is 0 Å². The van der Waals surface area contributed by atoms with Crippen LogP contribution in [0.2, 0.25) is 0 Å². The number of fused-ring (bicyclic) bond motifs is 5. The molecule has 2 aromatic carbocycles. The number of benzene rings is 2. The fourth-order valence-corrected chi connectivity index (χ4v) is 4.68. The van der Waals surface area contributed by atoms with Crippen LogP contribution in [0.1, 0.15) is 23.8 Å². The van der Waals surface area contributed by atoms with E-state index in [1.54, 1.807) is 6.92 Å². The molecule has 1 spiro atoms. The Morgan fingerprint density at radius 3 is 2.09 bits per heavy atom. The van der Waals surface area contributed by atoms with Gasteiger partial charge in [0.2, 0.25) is 11.4 Å². The lowest BCUT2D eigenvalue weighted by Gasteiger charge is -2.27. The summed E-state index contributed by atoms with van der Waals surface area (Å²) >= 11 is 0. The summed E-state index contributed by atoms with van der Waals surface area (Å²) in [5.41, 5.74) is -3.14. The molecule has 4 N–H and O–H groups in total. The molecule has 0 radical (unpaired) electrons. The molecule has 0 saturated carbocycles. The van der Waals surface area contributed by atoms with Gasteiger partial charge in [0.05, 0.1) is 16.7 Å². The zero-order valence-electron chi connectivity index (χ0n) is 17.8. The van der Waals surface area contributed by atoms with Gasteiger partial charge in [-0.2, -0.15) is 0 Å². The lowest BCUT2D eigenvalue weighted by Crippen LogP contribution is -2.33. The third kappa shape index (κ3) is 2.61. The van der Waals surface area contributed by atoms with Crippen molar-refractivity contribution in [1.82, 2.24) is 0 Å². The van der Waals surface area contributed by atoms with Crippen LogP contribution in [0.25, 0.3) is 33.4 Å². The lowest BCUT2D eigenvalue weighted by molar-refractivity contribution is -0.125. The Labute approximate surface area is 193 Å². The molecule has 2 aromatic heterocycles. The van der Waals surface area contributed by atoms with E-state index >= 15 is 0 Å². The Hall–Kier alpha value is -4.99. The number of allylic oxidation sites excluding steroid dienone is 1. The molecular weight excluding hydrogens is 460 g/mol. The zero-order chi connectivity index (χ0) is 24.8. The van der Waals surface area contributed by atoms with Gasteiger partial charge in [-0.3, -0.25) is 4.79 Å². The number of phenolic OH excluding ortho intramolecular Hbond substituents is 4. The van der Waals surface area contributed by atoms with Gasteiger partial charge in [0.25, 0.3) is 0 Å². The van der Waals surface area contributed by atoms with E-state index < -0.39 is 45.6 Å². The fourth-order valence-electron chi connectivity index (χ4n) is 4.68. The van der Waals surface area contributed by atoms with Gasteiger partial charge in [-0.15, -0.1) is 0 Å². The van der Waals surface area contributed by atoms with Gasteiger partial charge in [-0.1, -0.05) is 0 Å². The Morgan fingerprint density at radius 1 is 0.743 bits per heavy atom. The van der Waals surface area contributed by atoms with Crippen LogP contribution in [0, 0.1) is 0 Å². The number of hydrogen-bond donors (Lipinski definition) is 4. The molecule has 0 fully saturated rings. The normalized spacial score (nSPS) is 18.7. The van der Waals surface area contributed by atoms with Crippen molar-refractivity contribution < 1.29 is 38.8 Å². The molecule has 0 bridgehead atoms. The summed E-state index contributed by atoms with van der Waals surface area (Å²) < 4.78 is 16.8. The molecule has 1 aliphatic carbocycles. The minimum Gasteiger partial charge on any atom is -0.504 e. The van der Waals surface area contributed by atoms with Gasteiger partial charge in [0.15, 0.2) is 23.0 Å². The van der Waals surface area contributed by atoms with E-state index in [4.69, 9.17) is 13.6 Å². The molecule has 10 heteroatoms. The standard InChI is InChI=1S/C25H14O10/c1-9-2-21(30)25(35-9)13-7-18(29)15(26)4-10(13)3-14(25)19-8-20-22(24(32)33-19)11-5-16(27)17(28)6-12(11)23(31)34-20/h2-8,26-29H,1H3/t25-/m1/s1. The molecule has 1 atom stereocenters. The van der Waals surface area contributed by atoms with Gasteiger partial charge in [-0.05, 0) is 42.8 Å². The molecular formula is C25H14O10. The van der Waals surface area contributed by atoms with E-state index in [-0.39, 0.29) is 44.4 Å². The molecule has 35 heavy (non-hydrogen) atoms. The average Bonchev–Trinajstić information content (AvgIpc) is 3.25. The highest BCUT2D eigenvalue weighted by Gasteiger charge is 2.54. The quantitative estimate of drug-likeness (QED) is 0.238. The SMILES string of the molecule is CC1=CC(=O)[C@]2(O1)C(c1cc3oc(=O)c4cc(O)c(O)cc4c3c(=O)o1)=Cc1cc(O)c(O)cc12. The van der Waals surface area contributed by atoms with Crippen LogP contribution < -0.4 is 11.3 Å². The molecule has 1 aliphatic heterocycles. The lowest BCUT2D eigenvalue weighted by atomic mass is 9.85. The maximum Gasteiger partial charge on any atom is 0.348 e. The summed E-state index contributed by atoms with van der Waals surface area (Å²) in [7, 11) is 0. The van der Waals surface area contributed by atoms with Crippen molar-refractivity contribution >= 4 is 39.2 Å². The van der Waals surface area contributed by atoms with Crippen molar-refractivity contribution in [2.75, 3.05) is 0 Å². The molecule has 4 aromatic rings. The minimum absolute atomic E-state index is 0.00537. The van der Waals surface area contributed by atoms with E-state index in [9.17, 15) is 34.8 Å². The van der Waals surface area contributed by atoms with Crippen molar-refractivity contribution in [3.8, 4) is 23.0 Å². The number of carbonyl (C=O) groups excluding carboxylic acids is 1. The second-order valence-electron chi connectivity index (χ2n) is 8.30. The number of aromatic hydroxyl groups is 4. The summed E-state index contributed by atoms with van der Waals surface area (Å²) in [5, 5.41) is 39.4. The number of carbonyl (C=O) groups is 1. The summed E-state index contributed by atoms with van der Waals surface area (Å²) in [6.45, 7) is 1.56. The topological polar surface area (TPSA) is 168 Å². The third-order valence-corrected chi connectivity index (χ3v) is 6.19. The number of ketones is 1. The number of ether oxygens (including phenoxy) is 1. The summed E-state index contributed by atoms with van der Waals surface area (Å²) in [6.07, 6.45) is 2.72. The van der Waals surface area contributed by atoms with Crippen LogP contribution in [-0.2, 0) is 15.1 Å². The first-order chi connectivity index (χ1) is 16.6. The van der Waals surface area contributed by atoms with Gasteiger partial charge in [0.1, 0.15) is 16.7 Å². The molecule has 2 aliphatic rings. The molecule has 0 unspecified atom stereocenters. The first kappa shape index (κ1) is 20.6. The van der Waals surface area contributed by atoms with Crippen molar-refractivity contribution in [1.29, 1.82) is 0 Å². The van der Waals surface area contributed by atoms with E-state index in [1.807, 2.05) is 0 Å². The predicted molar refractivity (Wildman–Crippen MR) is 121 cm³/mol. The Bertz CT molecular complexity index is 1840. The summed E-state index contributed by atoms with van der Waals surface area (Å²) in [4.78, 5) is 38.8. The minimum atomic E-state index is -1.80. The maximum atomic E-state index is 13.2. The van der Waals surface area contributed by atoms with E-state index in [2.05, 4.69) is 0 Å². The summed E-state index contributed by atoms with van der Waals surface area (Å²) in [6, 6.07) is 5.71. The van der Waals surface area contributed by atoms with Gasteiger partial charge < -0.3 is 34.0 Å². The fraction of sp³-hybridized carbons (Fsp3) is 0.0800. The third-order valence-electron chi connectivity index (χ3n) is 6.19. The van der Waals surface area contributed by atoms with Crippen LogP contribution in [0.4, 0.5) is 0 Å². The van der Waals surface area contributed by atoms with Crippen LogP contribution in [-0.4, -0.2) is 26.2 Å². The van der Waals surface area contributed by atoms with Crippen molar-refractivity contribution in [3.63, 3.8) is 0 Å². The molecule has 174 valence electrons. The van der Waals surface area contributed by atoms with E-state index in [1.165, 1.54) is 30.4 Å².